The molecule has 2 fully saturated rings. The van der Waals surface area contributed by atoms with Crippen LogP contribution in [0.25, 0.3) is 0 Å². The van der Waals surface area contributed by atoms with E-state index in [9.17, 15) is 9.50 Å². The predicted molar refractivity (Wildman–Crippen MR) is 88.9 cm³/mol. The molecule has 0 amide bonds. The lowest BCUT2D eigenvalue weighted by Gasteiger charge is -2.37. The largest absolute Gasteiger partial charge is 0.506 e. The van der Waals surface area contributed by atoms with Crippen LogP contribution >= 0.6 is 11.6 Å². The number of aromatic hydroxyl groups is 1. The van der Waals surface area contributed by atoms with E-state index in [1.165, 1.54) is 44.6 Å². The normalized spacial score (nSPS) is 32.9. The average molecular weight is 325 g/mol. The van der Waals surface area contributed by atoms with Crippen molar-refractivity contribution in [2.45, 2.75) is 64.2 Å². The first kappa shape index (κ1) is 16.1. The number of phenols is 1. The molecule has 1 aromatic rings. The van der Waals surface area contributed by atoms with Gasteiger partial charge in [-0.2, -0.15) is 0 Å². The number of hydrogen-bond acceptors (Lipinski definition) is 1. The smallest absolute Gasteiger partial charge is 0.149 e. The van der Waals surface area contributed by atoms with E-state index in [0.717, 1.165) is 30.6 Å². The maximum atomic E-state index is 14.2. The number of rotatable bonds is 2. The lowest BCUT2D eigenvalue weighted by molar-refractivity contribution is 0.164. The summed E-state index contributed by atoms with van der Waals surface area (Å²) in [6.07, 6.45) is 10.1. The van der Waals surface area contributed by atoms with Gasteiger partial charge in [-0.15, -0.1) is 0 Å². The van der Waals surface area contributed by atoms with Crippen LogP contribution < -0.4 is 0 Å². The van der Waals surface area contributed by atoms with Crippen molar-refractivity contribution in [2.24, 2.45) is 17.8 Å². The molecule has 0 bridgehead atoms. The molecule has 0 saturated heterocycles. The van der Waals surface area contributed by atoms with Crippen LogP contribution in [0, 0.1) is 23.6 Å². The first-order valence-electron chi connectivity index (χ1n) is 8.73. The van der Waals surface area contributed by atoms with E-state index in [1.807, 2.05) is 0 Å². The van der Waals surface area contributed by atoms with E-state index in [2.05, 4.69) is 6.92 Å². The number of halogens is 2. The highest BCUT2D eigenvalue weighted by atomic mass is 35.5. The summed E-state index contributed by atoms with van der Waals surface area (Å²) in [4.78, 5) is 0. The summed E-state index contributed by atoms with van der Waals surface area (Å²) < 4.78 is 14.2. The zero-order valence-electron chi connectivity index (χ0n) is 13.3. The Balaban J connectivity index is 1.61. The first-order valence-corrected chi connectivity index (χ1v) is 9.11. The molecule has 0 aromatic heterocycles. The van der Waals surface area contributed by atoms with E-state index in [0.29, 0.717) is 5.56 Å². The zero-order chi connectivity index (χ0) is 15.7. The van der Waals surface area contributed by atoms with E-state index >= 15 is 0 Å². The summed E-state index contributed by atoms with van der Waals surface area (Å²) in [5.74, 6) is 2.31. The summed E-state index contributed by atoms with van der Waals surface area (Å²) in [6, 6.07) is 3.24. The van der Waals surface area contributed by atoms with Gasteiger partial charge in [0.05, 0.1) is 0 Å². The second kappa shape index (κ2) is 6.78. The minimum absolute atomic E-state index is 0.124. The third kappa shape index (κ3) is 3.27. The summed E-state index contributed by atoms with van der Waals surface area (Å²) >= 11 is 5.84. The van der Waals surface area contributed by atoms with Gasteiger partial charge in [0.2, 0.25) is 0 Å². The Morgan fingerprint density at radius 3 is 2.09 bits per heavy atom. The van der Waals surface area contributed by atoms with Crippen molar-refractivity contribution < 1.29 is 9.50 Å². The van der Waals surface area contributed by atoms with Crippen molar-refractivity contribution in [3.05, 3.63) is 28.5 Å². The van der Waals surface area contributed by atoms with Crippen molar-refractivity contribution in [2.75, 3.05) is 0 Å². The molecule has 0 unspecified atom stereocenters. The van der Waals surface area contributed by atoms with Gasteiger partial charge in [-0.05, 0) is 73.8 Å². The van der Waals surface area contributed by atoms with Crippen LogP contribution in [0.4, 0.5) is 4.39 Å². The minimum atomic E-state index is -0.420. The standard InChI is InChI=1S/C19H26ClFO/c1-12-2-4-13(5-3-12)14-6-8-15(9-7-14)16-10-11-17(22)18(20)19(16)21/h10-15,22H,2-9H2,1H3. The molecule has 0 spiro atoms. The van der Waals surface area contributed by atoms with Crippen LogP contribution in [-0.2, 0) is 0 Å². The van der Waals surface area contributed by atoms with Gasteiger partial charge in [0, 0.05) is 0 Å². The molecule has 3 rings (SSSR count). The van der Waals surface area contributed by atoms with Gasteiger partial charge in [0.25, 0.3) is 0 Å². The summed E-state index contributed by atoms with van der Waals surface area (Å²) in [5.41, 5.74) is 0.693. The molecular formula is C19H26ClFO. The summed E-state index contributed by atoms with van der Waals surface area (Å²) in [7, 11) is 0. The molecule has 2 aliphatic rings. The van der Waals surface area contributed by atoms with Crippen molar-refractivity contribution >= 4 is 11.6 Å². The molecule has 0 heterocycles. The van der Waals surface area contributed by atoms with Crippen molar-refractivity contribution in [3.63, 3.8) is 0 Å². The molecule has 0 aliphatic heterocycles. The van der Waals surface area contributed by atoms with Crippen LogP contribution in [0.15, 0.2) is 12.1 Å². The molecular weight excluding hydrogens is 299 g/mol. The topological polar surface area (TPSA) is 20.2 Å². The average Bonchev–Trinajstić information content (AvgIpc) is 2.54. The van der Waals surface area contributed by atoms with Gasteiger partial charge in [-0.1, -0.05) is 37.4 Å². The zero-order valence-corrected chi connectivity index (χ0v) is 14.1. The fraction of sp³-hybridized carbons (Fsp3) is 0.684. The van der Waals surface area contributed by atoms with Gasteiger partial charge >= 0.3 is 0 Å². The fourth-order valence-corrected chi connectivity index (χ4v) is 4.70. The first-order chi connectivity index (χ1) is 10.6. The molecule has 2 saturated carbocycles. The van der Waals surface area contributed by atoms with Crippen molar-refractivity contribution in [3.8, 4) is 5.75 Å². The Hall–Kier alpha value is -0.760. The third-order valence-electron chi connectivity index (χ3n) is 6.03. The predicted octanol–water partition coefficient (Wildman–Crippen LogP) is 6.28. The van der Waals surface area contributed by atoms with Crippen molar-refractivity contribution in [1.82, 2.24) is 0 Å². The quantitative estimate of drug-likeness (QED) is 0.678. The highest BCUT2D eigenvalue weighted by Crippen LogP contribution is 2.45. The SMILES string of the molecule is CC1CCC(C2CCC(c3ccc(O)c(Cl)c3F)CC2)CC1. The Kier molecular flexibility index (Phi) is 4.97. The molecule has 1 aromatic carbocycles. The number of phenolic OH excluding ortho intramolecular Hbond substituents is 1. The van der Waals surface area contributed by atoms with Crippen molar-refractivity contribution in [1.29, 1.82) is 0 Å². The van der Waals surface area contributed by atoms with Crippen LogP contribution in [0.3, 0.4) is 0 Å². The lowest BCUT2D eigenvalue weighted by Crippen LogP contribution is -2.25. The lowest BCUT2D eigenvalue weighted by atomic mass is 9.68. The van der Waals surface area contributed by atoms with E-state index in [-0.39, 0.29) is 16.7 Å². The Labute approximate surface area is 137 Å². The van der Waals surface area contributed by atoms with Crippen LogP contribution in [0.1, 0.15) is 69.8 Å². The van der Waals surface area contributed by atoms with Gasteiger partial charge in [0.15, 0.2) is 0 Å². The molecule has 22 heavy (non-hydrogen) atoms. The maximum absolute atomic E-state index is 14.2. The minimum Gasteiger partial charge on any atom is -0.506 e. The van der Waals surface area contributed by atoms with E-state index in [1.54, 1.807) is 6.07 Å². The number of hydrogen-bond donors (Lipinski definition) is 1. The second-order valence-electron chi connectivity index (χ2n) is 7.43. The van der Waals surface area contributed by atoms with Crippen LogP contribution in [0.2, 0.25) is 5.02 Å². The van der Waals surface area contributed by atoms with Gasteiger partial charge in [-0.25, -0.2) is 4.39 Å². The van der Waals surface area contributed by atoms with Gasteiger partial charge in [-0.3, -0.25) is 0 Å². The van der Waals surface area contributed by atoms with E-state index in [4.69, 9.17) is 11.6 Å². The molecule has 2 aliphatic carbocycles. The Morgan fingerprint density at radius 1 is 0.955 bits per heavy atom. The fourth-order valence-electron chi connectivity index (χ4n) is 4.53. The third-order valence-corrected chi connectivity index (χ3v) is 6.39. The molecule has 122 valence electrons. The van der Waals surface area contributed by atoms with Gasteiger partial charge in [0.1, 0.15) is 16.6 Å². The molecule has 0 atom stereocenters. The molecule has 3 heteroatoms. The molecule has 0 radical (unpaired) electrons. The van der Waals surface area contributed by atoms with Crippen LogP contribution in [0.5, 0.6) is 5.75 Å². The summed E-state index contributed by atoms with van der Waals surface area (Å²) in [6.45, 7) is 2.37. The summed E-state index contributed by atoms with van der Waals surface area (Å²) in [5, 5.41) is 9.36. The second-order valence-corrected chi connectivity index (χ2v) is 7.81. The highest BCUT2D eigenvalue weighted by molar-refractivity contribution is 6.32. The molecule has 1 nitrogen and oxygen atoms in total. The highest BCUT2D eigenvalue weighted by Gasteiger charge is 2.31. The Bertz CT molecular complexity index is 514. The molecule has 1 N–H and O–H groups in total. The van der Waals surface area contributed by atoms with E-state index < -0.39 is 5.82 Å². The monoisotopic (exact) mass is 324 g/mol. The number of benzene rings is 1. The maximum Gasteiger partial charge on any atom is 0.149 e. The van der Waals surface area contributed by atoms with Crippen LogP contribution in [-0.4, -0.2) is 5.11 Å². The Morgan fingerprint density at radius 2 is 1.50 bits per heavy atom. The van der Waals surface area contributed by atoms with Gasteiger partial charge < -0.3 is 5.11 Å².